The number of amides is 1. The number of fused-ring (bicyclic) bond motifs is 4. The monoisotopic (exact) mass is 804 g/mol. The summed E-state index contributed by atoms with van der Waals surface area (Å²) in [5.41, 5.74) is -0.493. The maximum Gasteiger partial charge on any atom is 0.293 e. The number of pyridine rings is 1. The molecule has 3 aliphatic rings. The lowest BCUT2D eigenvalue weighted by Gasteiger charge is -2.23. The maximum absolute atomic E-state index is 15.3. The number of ketones is 1. The van der Waals surface area contributed by atoms with Gasteiger partial charge in [-0.1, -0.05) is 30.5 Å². The number of sulfone groups is 1. The summed E-state index contributed by atoms with van der Waals surface area (Å²) < 4.78 is 114. The highest BCUT2D eigenvalue weighted by molar-refractivity contribution is 7.92. The number of aromatic amines is 1. The molecule has 0 bridgehead atoms. The molecule has 5 aromatic rings. The molecular weight excluding hydrogens is 774 g/mol. The van der Waals surface area contributed by atoms with Crippen LogP contribution in [0.4, 0.5) is 26.3 Å². The number of hydrogen-bond donors (Lipinski definition) is 2. The van der Waals surface area contributed by atoms with Crippen molar-refractivity contribution in [3.05, 3.63) is 99.1 Å². The average molecular weight is 805 g/mol. The third kappa shape index (κ3) is 6.89. The van der Waals surface area contributed by atoms with Crippen LogP contribution < -0.4 is 5.32 Å². The van der Waals surface area contributed by atoms with E-state index in [1.807, 2.05) is 0 Å². The Labute approximate surface area is 314 Å². The fraction of sp³-hybridized carbons (Fsp3) is 0.378. The van der Waals surface area contributed by atoms with Crippen molar-refractivity contribution in [1.29, 1.82) is 0 Å². The molecule has 1 amide bonds. The molecule has 0 saturated heterocycles. The van der Waals surface area contributed by atoms with Gasteiger partial charge in [-0.15, -0.1) is 0 Å². The van der Waals surface area contributed by atoms with Crippen LogP contribution in [-0.2, 0) is 33.5 Å². The highest BCUT2D eigenvalue weighted by Gasteiger charge is 2.67. The quantitative estimate of drug-likeness (QED) is 0.0982. The molecule has 0 unspecified atom stereocenters. The second kappa shape index (κ2) is 13.8. The SMILES string of the molecule is O=C(Cn1nc(C(F)F)c2c1C(F)(F)[C@@H]1C[C@H]21)N[C@@H](Cc1cc(F)cc(F)c1)c1nc2cn[nH]c2cc1-c1ccc(Cl)c(C(=O)CS(=O)(=O)C2CCCC2)c1. The first-order chi connectivity index (χ1) is 26.1. The van der Waals surface area contributed by atoms with Gasteiger partial charge in [0, 0.05) is 28.7 Å². The van der Waals surface area contributed by atoms with Crippen molar-refractivity contribution in [3.63, 3.8) is 0 Å². The van der Waals surface area contributed by atoms with Gasteiger partial charge in [0.1, 0.15) is 40.8 Å². The largest absolute Gasteiger partial charge is 0.346 e. The molecular formula is C37H31ClF6N6O4S. The first-order valence-corrected chi connectivity index (χ1v) is 19.6. The number of benzene rings is 2. The third-order valence-corrected chi connectivity index (χ3v) is 13.1. The van der Waals surface area contributed by atoms with Crippen LogP contribution in [0, 0.1) is 17.6 Å². The summed E-state index contributed by atoms with van der Waals surface area (Å²) >= 11 is 6.44. The number of aromatic nitrogens is 5. The van der Waals surface area contributed by atoms with Crippen LogP contribution in [0.3, 0.4) is 0 Å². The number of H-pyrrole nitrogens is 1. The Morgan fingerprint density at radius 3 is 2.47 bits per heavy atom. The fourth-order valence-corrected chi connectivity index (χ4v) is 10.1. The molecule has 0 aliphatic heterocycles. The predicted molar refractivity (Wildman–Crippen MR) is 188 cm³/mol. The Hall–Kier alpha value is -4.77. The zero-order valence-corrected chi connectivity index (χ0v) is 30.2. The molecule has 8 rings (SSSR count). The van der Waals surface area contributed by atoms with E-state index in [0.29, 0.717) is 40.2 Å². The molecule has 18 heteroatoms. The topological polar surface area (TPSA) is 140 Å². The van der Waals surface area contributed by atoms with Gasteiger partial charge in [0.15, 0.2) is 15.6 Å². The zero-order valence-electron chi connectivity index (χ0n) is 28.6. The van der Waals surface area contributed by atoms with Gasteiger partial charge in [0.25, 0.3) is 12.3 Å². The average Bonchev–Trinajstić information content (AvgIpc) is 3.46. The summed E-state index contributed by atoms with van der Waals surface area (Å²) in [6.45, 7) is -0.892. The molecule has 0 radical (unpaired) electrons. The van der Waals surface area contributed by atoms with Crippen molar-refractivity contribution in [2.75, 3.05) is 5.75 Å². The summed E-state index contributed by atoms with van der Waals surface area (Å²) in [5.74, 6) is -9.71. The van der Waals surface area contributed by atoms with Gasteiger partial charge in [-0.25, -0.2) is 31.0 Å². The third-order valence-electron chi connectivity index (χ3n) is 10.7. The van der Waals surface area contributed by atoms with Gasteiger partial charge in [-0.05, 0) is 73.1 Å². The smallest absolute Gasteiger partial charge is 0.293 e. The van der Waals surface area contributed by atoms with E-state index < -0.39 is 92.3 Å². The van der Waals surface area contributed by atoms with E-state index in [1.54, 1.807) is 6.07 Å². The van der Waals surface area contributed by atoms with Crippen LogP contribution in [0.15, 0.2) is 48.7 Å². The molecule has 3 heterocycles. The van der Waals surface area contributed by atoms with Crippen LogP contribution in [0.2, 0.25) is 5.02 Å². The van der Waals surface area contributed by atoms with Gasteiger partial charge >= 0.3 is 0 Å². The van der Waals surface area contributed by atoms with E-state index in [0.717, 1.165) is 25.0 Å². The Morgan fingerprint density at radius 2 is 1.76 bits per heavy atom. The number of halogens is 7. The molecule has 288 valence electrons. The van der Waals surface area contributed by atoms with E-state index in [-0.39, 0.29) is 45.8 Å². The van der Waals surface area contributed by atoms with Crippen LogP contribution >= 0.6 is 11.6 Å². The Kier molecular flexibility index (Phi) is 9.30. The number of nitrogens with zero attached hydrogens (tertiary/aromatic N) is 4. The molecule has 55 heavy (non-hydrogen) atoms. The van der Waals surface area contributed by atoms with Crippen molar-refractivity contribution in [2.24, 2.45) is 5.92 Å². The van der Waals surface area contributed by atoms with Gasteiger partial charge in [-0.3, -0.25) is 19.4 Å². The molecule has 2 fully saturated rings. The Morgan fingerprint density at radius 1 is 1.04 bits per heavy atom. The second-order valence-electron chi connectivity index (χ2n) is 14.3. The molecule has 2 aromatic carbocycles. The summed E-state index contributed by atoms with van der Waals surface area (Å²) in [7, 11) is -3.78. The highest BCUT2D eigenvalue weighted by atomic mass is 35.5. The minimum atomic E-state index is -3.78. The Balaban J connectivity index is 1.18. The van der Waals surface area contributed by atoms with E-state index >= 15 is 8.78 Å². The lowest BCUT2D eigenvalue weighted by molar-refractivity contribution is -0.123. The zero-order chi connectivity index (χ0) is 39.0. The number of hydrogen-bond acceptors (Lipinski definition) is 7. The van der Waals surface area contributed by atoms with Gasteiger partial charge in [0.05, 0.1) is 33.7 Å². The van der Waals surface area contributed by atoms with Crippen molar-refractivity contribution in [2.45, 2.75) is 74.6 Å². The molecule has 0 spiro atoms. The van der Waals surface area contributed by atoms with Crippen LogP contribution in [0.1, 0.15) is 89.1 Å². The maximum atomic E-state index is 15.3. The molecule has 3 aliphatic carbocycles. The summed E-state index contributed by atoms with van der Waals surface area (Å²) in [6, 6.07) is 7.35. The van der Waals surface area contributed by atoms with Crippen LogP contribution in [0.5, 0.6) is 0 Å². The summed E-state index contributed by atoms with van der Waals surface area (Å²) in [4.78, 5) is 32.0. The van der Waals surface area contributed by atoms with Gasteiger partial charge in [-0.2, -0.15) is 19.0 Å². The van der Waals surface area contributed by atoms with Crippen molar-refractivity contribution in [1.82, 2.24) is 30.3 Å². The Bertz CT molecular complexity index is 2460. The summed E-state index contributed by atoms with van der Waals surface area (Å²) in [5, 5.41) is 12.6. The fourth-order valence-electron chi connectivity index (χ4n) is 8.06. The lowest BCUT2D eigenvalue weighted by Crippen LogP contribution is -2.35. The second-order valence-corrected chi connectivity index (χ2v) is 17.0. The van der Waals surface area contributed by atoms with E-state index in [1.165, 1.54) is 24.4 Å². The summed E-state index contributed by atoms with van der Waals surface area (Å²) in [6.07, 6.45) is 0.362. The number of rotatable bonds is 12. The molecule has 2 saturated carbocycles. The number of alkyl halides is 4. The van der Waals surface area contributed by atoms with E-state index in [2.05, 4.69) is 20.6 Å². The van der Waals surface area contributed by atoms with E-state index in [4.69, 9.17) is 16.6 Å². The highest BCUT2D eigenvalue weighted by Crippen LogP contribution is 2.68. The minimum absolute atomic E-state index is 0.0167. The molecule has 3 atom stereocenters. The number of carbonyl (C=O) groups excluding carboxylic acids is 2. The van der Waals surface area contributed by atoms with Crippen LogP contribution in [0.25, 0.3) is 22.2 Å². The number of Topliss-reactive ketones (excluding diaryl/α,β-unsaturated/α-hetero) is 1. The van der Waals surface area contributed by atoms with Gasteiger partial charge in [0.2, 0.25) is 5.91 Å². The van der Waals surface area contributed by atoms with Crippen LogP contribution in [-0.4, -0.2) is 56.1 Å². The standard InChI is InChI=1S/C37H31ClF6N6O4S/c38-26-6-5-18(10-24(26)30(51)16-55(53,54)21-3-1-2-4-21)22-13-27-29(14-45-48-27)47-33(22)28(9-17-7-19(39)11-20(40)8-17)46-31(52)15-50-35-32(34(49-50)36(41)42)23-12-25(23)37(35,43)44/h5-8,10-11,13-14,21,23,25,28,36H,1-4,9,12,15-16H2,(H,45,48)(H,46,52)/t23-,25+,28-/m0/s1. The molecule has 2 N–H and O–H groups in total. The van der Waals surface area contributed by atoms with Crippen molar-refractivity contribution >= 4 is 44.2 Å². The van der Waals surface area contributed by atoms with Gasteiger partial charge < -0.3 is 5.32 Å². The minimum Gasteiger partial charge on any atom is -0.346 e. The van der Waals surface area contributed by atoms with Crippen molar-refractivity contribution < 1.29 is 44.3 Å². The molecule has 10 nitrogen and oxygen atoms in total. The number of carbonyl (C=O) groups is 2. The predicted octanol–water partition coefficient (Wildman–Crippen LogP) is 7.54. The number of nitrogens with one attached hydrogen (secondary N) is 2. The first-order valence-electron chi connectivity index (χ1n) is 17.5. The van der Waals surface area contributed by atoms with Crippen molar-refractivity contribution in [3.8, 4) is 11.1 Å². The normalized spacial score (nSPS) is 19.5. The van der Waals surface area contributed by atoms with E-state index in [9.17, 15) is 35.6 Å². The molecule has 3 aromatic heterocycles. The lowest BCUT2D eigenvalue weighted by atomic mass is 9.93. The first kappa shape index (κ1) is 37.2.